The van der Waals surface area contributed by atoms with Crippen molar-refractivity contribution in [1.82, 2.24) is 4.57 Å². The third-order valence-corrected chi connectivity index (χ3v) is 4.36. The van der Waals surface area contributed by atoms with E-state index in [9.17, 15) is 14.0 Å². The van der Waals surface area contributed by atoms with Crippen molar-refractivity contribution in [2.45, 2.75) is 13.5 Å². The van der Waals surface area contributed by atoms with Gasteiger partial charge in [0.1, 0.15) is 16.1 Å². The second-order valence-corrected chi connectivity index (χ2v) is 5.44. The first-order chi connectivity index (χ1) is 9.52. The van der Waals surface area contributed by atoms with Crippen molar-refractivity contribution in [3.63, 3.8) is 0 Å². The van der Waals surface area contributed by atoms with Crippen molar-refractivity contribution in [2.24, 2.45) is 0 Å². The second kappa shape index (κ2) is 4.42. The van der Waals surface area contributed by atoms with Gasteiger partial charge in [-0.2, -0.15) is 0 Å². The van der Waals surface area contributed by atoms with Gasteiger partial charge in [-0.3, -0.25) is 4.79 Å². The zero-order valence-corrected chi connectivity index (χ0v) is 11.3. The summed E-state index contributed by atoms with van der Waals surface area (Å²) in [4.78, 5) is 23.3. The van der Waals surface area contributed by atoms with Crippen LogP contribution >= 0.6 is 11.3 Å². The molecule has 6 heteroatoms. The summed E-state index contributed by atoms with van der Waals surface area (Å²) >= 11 is 1.13. The fourth-order valence-electron chi connectivity index (χ4n) is 2.30. The maximum absolute atomic E-state index is 13.3. The highest BCUT2D eigenvalue weighted by Crippen LogP contribution is 2.32. The number of thiophene rings is 1. The van der Waals surface area contributed by atoms with Gasteiger partial charge >= 0.3 is 5.97 Å². The molecule has 2 aromatic heterocycles. The average Bonchev–Trinajstić information content (AvgIpc) is 2.78. The largest absolute Gasteiger partial charge is 0.477 e. The van der Waals surface area contributed by atoms with Gasteiger partial charge in [0, 0.05) is 22.8 Å². The minimum absolute atomic E-state index is 0.258. The number of carboxylic acids is 1. The number of carboxylic acid groups (broad SMARTS) is 1. The molecule has 0 aliphatic rings. The van der Waals surface area contributed by atoms with Gasteiger partial charge in [0.15, 0.2) is 0 Å². The number of carbonyl (C=O) groups is 1. The van der Waals surface area contributed by atoms with E-state index in [0.717, 1.165) is 16.7 Å². The molecule has 0 aliphatic heterocycles. The molecule has 102 valence electrons. The molecule has 2 heterocycles. The molecule has 0 fully saturated rings. The van der Waals surface area contributed by atoms with Crippen LogP contribution in [0.1, 0.15) is 17.3 Å². The number of fused-ring (bicyclic) bond motifs is 3. The number of pyridine rings is 1. The Labute approximate surface area is 116 Å². The first kappa shape index (κ1) is 12.8. The van der Waals surface area contributed by atoms with Crippen LogP contribution in [0.25, 0.3) is 20.3 Å². The fraction of sp³-hybridized carbons (Fsp3) is 0.143. The van der Waals surface area contributed by atoms with Crippen LogP contribution in [0.4, 0.5) is 4.39 Å². The summed E-state index contributed by atoms with van der Waals surface area (Å²) in [7, 11) is 0. The van der Waals surface area contributed by atoms with E-state index < -0.39 is 11.4 Å². The zero-order chi connectivity index (χ0) is 14.4. The Morgan fingerprint density at radius 3 is 2.85 bits per heavy atom. The Hall–Kier alpha value is -2.21. The highest BCUT2D eigenvalue weighted by atomic mass is 32.1. The lowest BCUT2D eigenvalue weighted by Crippen LogP contribution is -2.17. The van der Waals surface area contributed by atoms with Crippen LogP contribution in [-0.4, -0.2) is 15.6 Å². The Kier molecular flexibility index (Phi) is 2.83. The van der Waals surface area contributed by atoms with Crippen LogP contribution in [0.3, 0.4) is 0 Å². The van der Waals surface area contributed by atoms with Crippen molar-refractivity contribution in [3.8, 4) is 0 Å². The Morgan fingerprint density at radius 2 is 2.20 bits per heavy atom. The van der Waals surface area contributed by atoms with Crippen molar-refractivity contribution >= 4 is 37.6 Å². The fourth-order valence-corrected chi connectivity index (χ4v) is 3.49. The Bertz CT molecular complexity index is 910. The average molecular weight is 291 g/mol. The summed E-state index contributed by atoms with van der Waals surface area (Å²) in [6.07, 6.45) is 1.35. The number of hydrogen-bond donors (Lipinski definition) is 1. The Morgan fingerprint density at radius 1 is 1.45 bits per heavy atom. The monoisotopic (exact) mass is 291 g/mol. The molecule has 1 N–H and O–H groups in total. The normalized spacial score (nSPS) is 11.3. The van der Waals surface area contributed by atoms with Crippen LogP contribution in [-0.2, 0) is 6.54 Å². The lowest BCUT2D eigenvalue weighted by Gasteiger charge is -2.07. The summed E-state index contributed by atoms with van der Waals surface area (Å²) in [5.74, 6) is -1.62. The van der Waals surface area contributed by atoms with Gasteiger partial charge in [-0.15, -0.1) is 11.3 Å². The summed E-state index contributed by atoms with van der Waals surface area (Å²) in [6.45, 7) is 2.39. The van der Waals surface area contributed by atoms with Crippen LogP contribution in [0.2, 0.25) is 0 Å². The molecular formula is C14H10FNO3S. The molecule has 3 rings (SSSR count). The highest BCUT2D eigenvalue weighted by Gasteiger charge is 2.18. The first-order valence-electron chi connectivity index (χ1n) is 6.01. The van der Waals surface area contributed by atoms with E-state index in [4.69, 9.17) is 5.11 Å². The topological polar surface area (TPSA) is 59.3 Å². The lowest BCUT2D eigenvalue weighted by atomic mass is 10.2. The summed E-state index contributed by atoms with van der Waals surface area (Å²) in [6, 6.07) is 4.32. The van der Waals surface area contributed by atoms with Gasteiger partial charge in [0.2, 0.25) is 5.43 Å². The maximum atomic E-state index is 13.3. The van der Waals surface area contributed by atoms with Gasteiger partial charge in [-0.1, -0.05) is 0 Å². The van der Waals surface area contributed by atoms with Crippen molar-refractivity contribution in [3.05, 3.63) is 46.0 Å². The highest BCUT2D eigenvalue weighted by molar-refractivity contribution is 7.25. The lowest BCUT2D eigenvalue weighted by molar-refractivity contribution is 0.0695. The van der Waals surface area contributed by atoms with Crippen LogP contribution in [0.15, 0.2) is 29.2 Å². The van der Waals surface area contributed by atoms with Gasteiger partial charge in [-0.05, 0) is 25.1 Å². The van der Waals surface area contributed by atoms with E-state index >= 15 is 0 Å². The molecule has 0 radical (unpaired) electrons. The molecule has 0 saturated carbocycles. The molecule has 0 bridgehead atoms. The number of nitrogens with zero attached hydrogens (tertiary/aromatic N) is 1. The van der Waals surface area contributed by atoms with E-state index in [2.05, 4.69) is 0 Å². The number of aromatic carboxylic acids is 1. The molecule has 0 saturated heterocycles. The molecule has 3 aromatic rings. The van der Waals surface area contributed by atoms with Gasteiger partial charge < -0.3 is 9.67 Å². The molecule has 0 unspecified atom stereocenters. The zero-order valence-electron chi connectivity index (χ0n) is 10.5. The molecule has 0 aliphatic carbocycles. The SMILES string of the molecule is CCn1cc(C(=O)O)c(=O)c2sc3cc(F)ccc3c21. The van der Waals surface area contributed by atoms with Gasteiger partial charge in [0.05, 0.1) is 5.52 Å². The quantitative estimate of drug-likeness (QED) is 0.789. The number of aromatic nitrogens is 1. The predicted octanol–water partition coefficient (Wildman–Crippen LogP) is 3.07. The molecule has 1 aromatic carbocycles. The minimum atomic E-state index is -1.25. The Balaban J connectivity index is 2.56. The van der Waals surface area contributed by atoms with Crippen molar-refractivity contribution < 1.29 is 14.3 Å². The molecule has 0 amide bonds. The number of halogens is 1. The third kappa shape index (κ3) is 1.72. The third-order valence-electron chi connectivity index (χ3n) is 3.22. The van der Waals surface area contributed by atoms with Gasteiger partial charge in [-0.25, -0.2) is 9.18 Å². The predicted molar refractivity (Wildman–Crippen MR) is 76.2 cm³/mol. The number of hydrogen-bond acceptors (Lipinski definition) is 3. The minimum Gasteiger partial charge on any atom is -0.477 e. The van der Waals surface area contributed by atoms with Crippen LogP contribution < -0.4 is 5.43 Å². The van der Waals surface area contributed by atoms with Crippen molar-refractivity contribution in [1.29, 1.82) is 0 Å². The van der Waals surface area contributed by atoms with E-state index in [-0.39, 0.29) is 11.4 Å². The molecule has 0 spiro atoms. The first-order valence-corrected chi connectivity index (χ1v) is 6.83. The number of aryl methyl sites for hydroxylation is 1. The van der Waals surface area contributed by atoms with Crippen LogP contribution in [0, 0.1) is 5.82 Å². The molecule has 20 heavy (non-hydrogen) atoms. The number of rotatable bonds is 2. The second-order valence-electron chi connectivity index (χ2n) is 4.38. The van der Waals surface area contributed by atoms with Gasteiger partial charge in [0.25, 0.3) is 0 Å². The van der Waals surface area contributed by atoms with E-state index in [0.29, 0.717) is 21.5 Å². The van der Waals surface area contributed by atoms with E-state index in [1.54, 1.807) is 10.6 Å². The van der Waals surface area contributed by atoms with Crippen LogP contribution in [0.5, 0.6) is 0 Å². The maximum Gasteiger partial charge on any atom is 0.341 e. The van der Waals surface area contributed by atoms with E-state index in [1.165, 1.54) is 18.3 Å². The molecule has 4 nitrogen and oxygen atoms in total. The molecular weight excluding hydrogens is 281 g/mol. The summed E-state index contributed by atoms with van der Waals surface area (Å²) < 4.78 is 16.0. The van der Waals surface area contributed by atoms with Crippen molar-refractivity contribution in [2.75, 3.05) is 0 Å². The summed E-state index contributed by atoms with van der Waals surface area (Å²) in [5, 5.41) is 9.86. The standard InChI is InChI=1S/C14H10FNO3S/c1-2-16-6-9(14(18)19)12(17)13-11(16)8-4-3-7(15)5-10(8)20-13/h3-6H,2H2,1H3,(H,18,19). The summed E-state index contributed by atoms with van der Waals surface area (Å²) in [5.41, 5.74) is -0.104. The molecule has 0 atom stereocenters. The number of benzene rings is 1. The smallest absolute Gasteiger partial charge is 0.341 e. The van der Waals surface area contributed by atoms with E-state index in [1.807, 2.05) is 6.92 Å².